The van der Waals surface area contributed by atoms with E-state index in [0.29, 0.717) is 17.1 Å². The molecular weight excluding hydrogens is 530 g/mol. The lowest BCUT2D eigenvalue weighted by molar-refractivity contribution is -0.130. The zero-order valence-corrected chi connectivity index (χ0v) is 22.6. The zero-order chi connectivity index (χ0) is 28.6. The Bertz CT molecular complexity index is 1480. The second-order valence-electron chi connectivity index (χ2n) is 9.42. The first-order valence-corrected chi connectivity index (χ1v) is 13.0. The number of hydrazone groups is 1. The summed E-state index contributed by atoms with van der Waals surface area (Å²) < 4.78 is 5.73. The number of carbonyl (C=O) groups is 3. The molecule has 40 heavy (non-hydrogen) atoms. The normalized spacial score (nSPS) is 12.0. The minimum absolute atomic E-state index is 0.00729. The molecule has 1 aromatic heterocycles. The van der Waals surface area contributed by atoms with Gasteiger partial charge in [0, 0.05) is 5.56 Å². The minimum Gasteiger partial charge on any atom is -0.478 e. The molecule has 0 bridgehead atoms. The molecule has 1 heterocycles. The lowest BCUT2D eigenvalue weighted by atomic mass is 9.89. The van der Waals surface area contributed by atoms with Gasteiger partial charge in [0.25, 0.3) is 5.91 Å². The number of benzene rings is 3. The van der Waals surface area contributed by atoms with E-state index >= 15 is 0 Å². The summed E-state index contributed by atoms with van der Waals surface area (Å²) in [6.07, 6.45) is 1.34. The van der Waals surface area contributed by atoms with Gasteiger partial charge in [0.05, 0.1) is 22.7 Å². The van der Waals surface area contributed by atoms with Crippen LogP contribution in [0.1, 0.15) is 47.0 Å². The first-order valence-electron chi connectivity index (χ1n) is 12.6. The van der Waals surface area contributed by atoms with Gasteiger partial charge in [0.15, 0.2) is 0 Å². The van der Waals surface area contributed by atoms with Crippen molar-refractivity contribution >= 4 is 35.6 Å². The van der Waals surface area contributed by atoms with Crippen LogP contribution in [0.5, 0.6) is 0 Å². The Hall–Kier alpha value is -4.69. The summed E-state index contributed by atoms with van der Waals surface area (Å²) in [5.41, 5.74) is 4.71. The number of carboxylic acids is 1. The standard InChI is InChI=1S/C31H28ClN3O5/c1-19(2)28(34-29(36)27(20-9-5-3-6-10-20)21-11-7-4-8-12-21)30(37)35-33-18-23-14-16-26(40-23)22-13-15-24(31(38)39)25(32)17-22/h3-19,27-28H,1-2H3,(H,34,36)(H,35,37)(H,38,39)/b33-18-/t28-/m0/s1. The fourth-order valence-electron chi connectivity index (χ4n) is 4.21. The predicted molar refractivity (Wildman–Crippen MR) is 153 cm³/mol. The number of nitrogens with zero attached hydrogens (tertiary/aromatic N) is 1. The van der Waals surface area contributed by atoms with Crippen LogP contribution in [0.2, 0.25) is 5.02 Å². The first-order chi connectivity index (χ1) is 19.2. The lowest BCUT2D eigenvalue weighted by Gasteiger charge is -2.24. The van der Waals surface area contributed by atoms with Crippen LogP contribution in [0.25, 0.3) is 11.3 Å². The van der Waals surface area contributed by atoms with Crippen molar-refractivity contribution in [1.82, 2.24) is 10.7 Å². The Kier molecular flexibility index (Phi) is 9.14. The molecule has 0 radical (unpaired) electrons. The highest BCUT2D eigenvalue weighted by Gasteiger charge is 2.29. The lowest BCUT2D eigenvalue weighted by Crippen LogP contribution is -2.50. The van der Waals surface area contributed by atoms with E-state index in [0.717, 1.165) is 11.1 Å². The van der Waals surface area contributed by atoms with Gasteiger partial charge in [-0.1, -0.05) is 92.2 Å². The number of aromatic carboxylic acids is 1. The van der Waals surface area contributed by atoms with Crippen LogP contribution in [0.15, 0.2) is 101 Å². The van der Waals surface area contributed by atoms with E-state index in [-0.39, 0.29) is 22.4 Å². The van der Waals surface area contributed by atoms with E-state index in [1.54, 1.807) is 18.2 Å². The van der Waals surface area contributed by atoms with Crippen molar-refractivity contribution in [2.24, 2.45) is 11.0 Å². The third kappa shape index (κ3) is 6.84. The molecule has 3 N–H and O–H groups in total. The molecule has 204 valence electrons. The second kappa shape index (κ2) is 12.9. The van der Waals surface area contributed by atoms with Crippen LogP contribution in [0, 0.1) is 5.92 Å². The number of carboxylic acid groups (broad SMARTS) is 1. The van der Waals surface area contributed by atoms with Crippen molar-refractivity contribution in [3.8, 4) is 11.3 Å². The summed E-state index contributed by atoms with van der Waals surface area (Å²) in [5, 5.41) is 16.1. The molecule has 0 aliphatic heterocycles. The molecule has 0 fully saturated rings. The number of nitrogens with one attached hydrogen (secondary N) is 2. The van der Waals surface area contributed by atoms with Crippen LogP contribution >= 0.6 is 11.6 Å². The quantitative estimate of drug-likeness (QED) is 0.170. The molecule has 0 saturated carbocycles. The summed E-state index contributed by atoms with van der Waals surface area (Å²) in [6, 6.07) is 25.8. The molecule has 0 unspecified atom stereocenters. The van der Waals surface area contributed by atoms with Crippen molar-refractivity contribution in [3.63, 3.8) is 0 Å². The van der Waals surface area contributed by atoms with E-state index in [1.165, 1.54) is 18.3 Å². The Morgan fingerprint density at radius 1 is 0.875 bits per heavy atom. The Morgan fingerprint density at radius 2 is 1.50 bits per heavy atom. The summed E-state index contributed by atoms with van der Waals surface area (Å²) in [4.78, 5) is 37.7. The van der Waals surface area contributed by atoms with Crippen LogP contribution in [-0.4, -0.2) is 35.1 Å². The van der Waals surface area contributed by atoms with E-state index in [2.05, 4.69) is 15.8 Å². The molecule has 2 amide bonds. The largest absolute Gasteiger partial charge is 0.478 e. The number of hydrogen-bond donors (Lipinski definition) is 3. The van der Waals surface area contributed by atoms with Gasteiger partial charge >= 0.3 is 5.97 Å². The zero-order valence-electron chi connectivity index (χ0n) is 21.9. The third-order valence-electron chi connectivity index (χ3n) is 6.25. The molecule has 9 heteroatoms. The average Bonchev–Trinajstić information content (AvgIpc) is 3.41. The third-order valence-corrected chi connectivity index (χ3v) is 6.56. The number of halogens is 1. The molecule has 0 aliphatic carbocycles. The molecule has 8 nitrogen and oxygen atoms in total. The minimum atomic E-state index is -1.12. The van der Waals surface area contributed by atoms with Crippen molar-refractivity contribution in [3.05, 3.63) is 118 Å². The van der Waals surface area contributed by atoms with Gasteiger partial charge < -0.3 is 14.8 Å². The fourth-order valence-corrected chi connectivity index (χ4v) is 4.47. The number of furan rings is 1. The maximum Gasteiger partial charge on any atom is 0.337 e. The molecule has 1 atom stereocenters. The highest BCUT2D eigenvalue weighted by Crippen LogP contribution is 2.27. The van der Waals surface area contributed by atoms with Gasteiger partial charge in [-0.15, -0.1) is 0 Å². The molecule has 0 aliphatic rings. The van der Waals surface area contributed by atoms with Gasteiger partial charge in [-0.2, -0.15) is 5.10 Å². The summed E-state index contributed by atoms with van der Waals surface area (Å²) in [6.45, 7) is 3.68. The Balaban J connectivity index is 1.44. The number of carbonyl (C=O) groups excluding carboxylic acids is 2. The Labute approximate surface area is 236 Å². The molecule has 3 aromatic carbocycles. The smallest absolute Gasteiger partial charge is 0.337 e. The molecule has 0 saturated heterocycles. The highest BCUT2D eigenvalue weighted by molar-refractivity contribution is 6.33. The SMILES string of the molecule is CC(C)[C@H](NC(=O)C(c1ccccc1)c1ccccc1)C(=O)N/N=C\c1ccc(-c2ccc(C(=O)O)c(Cl)c2)o1. The summed E-state index contributed by atoms with van der Waals surface area (Å²) >= 11 is 6.05. The molecule has 4 aromatic rings. The van der Waals surface area contributed by atoms with Crippen LogP contribution in [0.4, 0.5) is 0 Å². The highest BCUT2D eigenvalue weighted by atomic mass is 35.5. The predicted octanol–water partition coefficient (Wildman–Crippen LogP) is 5.72. The molecule has 0 spiro atoms. The average molecular weight is 558 g/mol. The fraction of sp³-hybridized carbons (Fsp3) is 0.161. The van der Waals surface area contributed by atoms with Crippen LogP contribution < -0.4 is 10.7 Å². The van der Waals surface area contributed by atoms with Crippen molar-refractivity contribution in [2.75, 3.05) is 0 Å². The van der Waals surface area contributed by atoms with Crippen molar-refractivity contribution in [1.29, 1.82) is 0 Å². The number of rotatable bonds is 10. The monoisotopic (exact) mass is 557 g/mol. The maximum absolute atomic E-state index is 13.5. The van der Waals surface area contributed by atoms with Gasteiger partial charge in [0.2, 0.25) is 5.91 Å². The Morgan fingerprint density at radius 3 is 2.05 bits per heavy atom. The summed E-state index contributed by atoms with van der Waals surface area (Å²) in [5.74, 6) is -1.87. The second-order valence-corrected chi connectivity index (χ2v) is 9.83. The van der Waals surface area contributed by atoms with Gasteiger partial charge in [0.1, 0.15) is 17.6 Å². The van der Waals surface area contributed by atoms with Crippen molar-refractivity contribution < 1.29 is 23.9 Å². The number of hydrogen-bond acceptors (Lipinski definition) is 5. The molecular formula is C31H28ClN3O5. The summed E-state index contributed by atoms with van der Waals surface area (Å²) in [7, 11) is 0. The van der Waals surface area contributed by atoms with E-state index in [9.17, 15) is 14.4 Å². The van der Waals surface area contributed by atoms with Crippen LogP contribution in [-0.2, 0) is 9.59 Å². The van der Waals surface area contributed by atoms with Gasteiger partial charge in [-0.05, 0) is 41.3 Å². The number of amides is 2. The van der Waals surface area contributed by atoms with Crippen LogP contribution in [0.3, 0.4) is 0 Å². The van der Waals surface area contributed by atoms with E-state index in [4.69, 9.17) is 21.1 Å². The van der Waals surface area contributed by atoms with E-state index in [1.807, 2.05) is 74.5 Å². The topological polar surface area (TPSA) is 121 Å². The van der Waals surface area contributed by atoms with E-state index < -0.39 is 23.8 Å². The van der Waals surface area contributed by atoms with Gasteiger partial charge in [-0.25, -0.2) is 10.2 Å². The molecule has 4 rings (SSSR count). The first kappa shape index (κ1) is 28.3. The van der Waals surface area contributed by atoms with Crippen molar-refractivity contribution in [2.45, 2.75) is 25.8 Å². The van der Waals surface area contributed by atoms with Gasteiger partial charge in [-0.3, -0.25) is 9.59 Å². The maximum atomic E-state index is 13.5.